The number of hydrogen-bond acceptors (Lipinski definition) is 4. The molecule has 1 rings (SSSR count). The van der Waals surface area contributed by atoms with Gasteiger partial charge in [-0.25, -0.2) is 0 Å². The van der Waals surface area contributed by atoms with Crippen LogP contribution in [0.25, 0.3) is 0 Å². The van der Waals surface area contributed by atoms with Crippen molar-refractivity contribution < 1.29 is 14.6 Å². The number of nitrogens with zero attached hydrogens (tertiary/aromatic N) is 1. The molecule has 0 spiro atoms. The first-order valence-electron chi connectivity index (χ1n) is 5.71. The van der Waals surface area contributed by atoms with Crippen molar-refractivity contribution in [2.24, 2.45) is 0 Å². The minimum Gasteiger partial charge on any atom is -0.497 e. The van der Waals surface area contributed by atoms with Gasteiger partial charge in [-0.15, -0.1) is 0 Å². The van der Waals surface area contributed by atoms with E-state index in [1.54, 1.807) is 14.2 Å². The maximum atomic E-state index is 8.82. The molecule has 0 saturated heterocycles. The summed E-state index contributed by atoms with van der Waals surface area (Å²) in [5.74, 6) is 1.65. The molecule has 0 atom stereocenters. The molecule has 4 nitrogen and oxygen atoms in total. The highest BCUT2D eigenvalue weighted by atomic mass is 16.5. The van der Waals surface area contributed by atoms with Gasteiger partial charge in [0.2, 0.25) is 0 Å². The van der Waals surface area contributed by atoms with E-state index in [0.717, 1.165) is 30.0 Å². The van der Waals surface area contributed by atoms with Crippen molar-refractivity contribution in [3.63, 3.8) is 0 Å². The minimum atomic E-state index is 0.191. The molecule has 0 bridgehead atoms. The molecule has 0 fully saturated rings. The Bertz CT molecular complexity index is 341. The highest BCUT2D eigenvalue weighted by Crippen LogP contribution is 2.24. The van der Waals surface area contributed by atoms with E-state index in [2.05, 4.69) is 4.90 Å². The van der Waals surface area contributed by atoms with E-state index in [1.807, 2.05) is 25.2 Å². The monoisotopic (exact) mass is 239 g/mol. The molecular formula is C13H21NO3. The summed E-state index contributed by atoms with van der Waals surface area (Å²) in [5, 5.41) is 8.82. The number of benzene rings is 1. The maximum absolute atomic E-state index is 8.82. The largest absolute Gasteiger partial charge is 0.497 e. The third kappa shape index (κ3) is 4.24. The number of ether oxygens (including phenoxy) is 2. The summed E-state index contributed by atoms with van der Waals surface area (Å²) in [4.78, 5) is 2.09. The zero-order valence-corrected chi connectivity index (χ0v) is 10.8. The number of rotatable bonds is 7. The van der Waals surface area contributed by atoms with E-state index in [9.17, 15) is 0 Å². The molecule has 0 aliphatic rings. The number of likely N-dealkylation sites (N-methyl/N-ethyl adjacent to an activating group) is 1. The summed E-state index contributed by atoms with van der Waals surface area (Å²) in [5.41, 5.74) is 1.15. The summed E-state index contributed by atoms with van der Waals surface area (Å²) in [6.07, 6.45) is 0.893. The van der Waals surface area contributed by atoms with Crippen molar-refractivity contribution in [2.45, 2.75) is 6.42 Å². The molecule has 17 heavy (non-hydrogen) atoms. The first-order valence-corrected chi connectivity index (χ1v) is 5.71. The fourth-order valence-electron chi connectivity index (χ4n) is 1.65. The van der Waals surface area contributed by atoms with Crippen LogP contribution in [-0.4, -0.2) is 51.0 Å². The predicted molar refractivity (Wildman–Crippen MR) is 67.8 cm³/mol. The highest BCUT2D eigenvalue weighted by molar-refractivity contribution is 5.40. The van der Waals surface area contributed by atoms with E-state index in [-0.39, 0.29) is 6.61 Å². The van der Waals surface area contributed by atoms with Gasteiger partial charge in [-0.3, -0.25) is 0 Å². The highest BCUT2D eigenvalue weighted by Gasteiger charge is 2.06. The lowest BCUT2D eigenvalue weighted by molar-refractivity contribution is 0.222. The van der Waals surface area contributed by atoms with Gasteiger partial charge in [0.25, 0.3) is 0 Å². The first kappa shape index (κ1) is 13.8. The summed E-state index contributed by atoms with van der Waals surface area (Å²) in [7, 11) is 5.30. The van der Waals surface area contributed by atoms with Gasteiger partial charge < -0.3 is 19.5 Å². The Kier molecular flexibility index (Phi) is 5.80. The van der Waals surface area contributed by atoms with E-state index >= 15 is 0 Å². The van der Waals surface area contributed by atoms with E-state index in [1.165, 1.54) is 0 Å². The second kappa shape index (κ2) is 7.14. The second-order valence-electron chi connectivity index (χ2n) is 3.95. The Labute approximate surface area is 103 Å². The molecule has 0 aromatic heterocycles. The maximum Gasteiger partial charge on any atom is 0.125 e. The number of aliphatic hydroxyl groups excluding tert-OH is 1. The molecule has 0 aliphatic heterocycles. The van der Waals surface area contributed by atoms with Crippen LogP contribution < -0.4 is 9.47 Å². The molecule has 0 amide bonds. The van der Waals surface area contributed by atoms with E-state index < -0.39 is 0 Å². The summed E-state index contributed by atoms with van der Waals surface area (Å²) in [6, 6.07) is 5.84. The molecule has 0 saturated carbocycles. The lowest BCUT2D eigenvalue weighted by Crippen LogP contribution is -2.24. The Morgan fingerprint density at radius 1 is 1.18 bits per heavy atom. The predicted octanol–water partition coefficient (Wildman–Crippen LogP) is 1.17. The van der Waals surface area contributed by atoms with Gasteiger partial charge in [0, 0.05) is 19.2 Å². The fraction of sp³-hybridized carbons (Fsp3) is 0.538. The molecule has 1 aromatic carbocycles. The van der Waals surface area contributed by atoms with Crippen LogP contribution in [0.15, 0.2) is 18.2 Å². The van der Waals surface area contributed by atoms with Gasteiger partial charge in [0.1, 0.15) is 11.5 Å². The van der Waals surface area contributed by atoms with Crippen molar-refractivity contribution in [2.75, 3.05) is 41.0 Å². The van der Waals surface area contributed by atoms with Crippen LogP contribution in [0.1, 0.15) is 5.56 Å². The van der Waals surface area contributed by atoms with Gasteiger partial charge in [-0.05, 0) is 25.1 Å². The zero-order chi connectivity index (χ0) is 12.7. The first-order chi connectivity index (χ1) is 8.21. The Hall–Kier alpha value is -1.26. The smallest absolute Gasteiger partial charge is 0.125 e. The van der Waals surface area contributed by atoms with Crippen molar-refractivity contribution in [3.05, 3.63) is 23.8 Å². The second-order valence-corrected chi connectivity index (χ2v) is 3.95. The van der Waals surface area contributed by atoms with Gasteiger partial charge in [0.05, 0.1) is 20.8 Å². The van der Waals surface area contributed by atoms with Crippen molar-refractivity contribution >= 4 is 0 Å². The average molecular weight is 239 g/mol. The van der Waals surface area contributed by atoms with Gasteiger partial charge >= 0.3 is 0 Å². The third-order valence-electron chi connectivity index (χ3n) is 2.74. The summed E-state index contributed by atoms with van der Waals surface area (Å²) in [6.45, 7) is 1.78. The van der Waals surface area contributed by atoms with Crippen LogP contribution in [0.5, 0.6) is 11.5 Å². The van der Waals surface area contributed by atoms with Crippen LogP contribution in [-0.2, 0) is 6.42 Å². The number of aliphatic hydroxyl groups is 1. The van der Waals surface area contributed by atoms with Crippen molar-refractivity contribution in [3.8, 4) is 11.5 Å². The Morgan fingerprint density at radius 3 is 2.53 bits per heavy atom. The molecular weight excluding hydrogens is 218 g/mol. The molecule has 0 aliphatic carbocycles. The van der Waals surface area contributed by atoms with Crippen LogP contribution in [0.3, 0.4) is 0 Å². The van der Waals surface area contributed by atoms with E-state index in [0.29, 0.717) is 6.54 Å². The molecule has 1 N–H and O–H groups in total. The Balaban J connectivity index is 2.63. The van der Waals surface area contributed by atoms with Crippen LogP contribution in [0, 0.1) is 0 Å². The molecule has 4 heteroatoms. The quantitative estimate of drug-likeness (QED) is 0.775. The Morgan fingerprint density at radius 2 is 1.94 bits per heavy atom. The van der Waals surface area contributed by atoms with Gasteiger partial charge in [0.15, 0.2) is 0 Å². The molecule has 0 unspecified atom stereocenters. The number of methoxy groups -OCH3 is 2. The standard InChI is InChI=1S/C13H21NO3/c1-14(8-9-15)7-6-11-4-5-12(16-2)10-13(11)17-3/h4-5,10,15H,6-9H2,1-3H3. The summed E-state index contributed by atoms with van der Waals surface area (Å²) < 4.78 is 10.5. The normalized spacial score (nSPS) is 10.6. The van der Waals surface area contributed by atoms with E-state index in [4.69, 9.17) is 14.6 Å². The average Bonchev–Trinajstić information content (AvgIpc) is 2.36. The van der Waals surface area contributed by atoms with Crippen LogP contribution >= 0.6 is 0 Å². The lowest BCUT2D eigenvalue weighted by Gasteiger charge is -2.16. The number of hydrogen-bond donors (Lipinski definition) is 1. The van der Waals surface area contributed by atoms with Crippen LogP contribution in [0.4, 0.5) is 0 Å². The molecule has 96 valence electrons. The minimum absolute atomic E-state index is 0.191. The zero-order valence-electron chi connectivity index (χ0n) is 10.8. The third-order valence-corrected chi connectivity index (χ3v) is 2.74. The van der Waals surface area contributed by atoms with Gasteiger partial charge in [-0.1, -0.05) is 6.07 Å². The SMILES string of the molecule is COc1ccc(CCN(C)CCO)c(OC)c1. The molecule has 1 aromatic rings. The molecule has 0 heterocycles. The topological polar surface area (TPSA) is 41.9 Å². The molecule has 0 radical (unpaired) electrons. The summed E-state index contributed by atoms with van der Waals surface area (Å²) >= 11 is 0. The van der Waals surface area contributed by atoms with Gasteiger partial charge in [-0.2, -0.15) is 0 Å². The van der Waals surface area contributed by atoms with Crippen LogP contribution in [0.2, 0.25) is 0 Å². The fourth-order valence-corrected chi connectivity index (χ4v) is 1.65. The lowest BCUT2D eigenvalue weighted by atomic mass is 10.1. The van der Waals surface area contributed by atoms with Crippen molar-refractivity contribution in [1.82, 2.24) is 4.90 Å². The van der Waals surface area contributed by atoms with Crippen molar-refractivity contribution in [1.29, 1.82) is 0 Å².